The Morgan fingerprint density at radius 1 is 0.964 bits per heavy atom. The number of nitrogens with one attached hydrogen (secondary N) is 2. The van der Waals surface area contributed by atoms with Crippen LogP contribution in [0.5, 0.6) is 0 Å². The van der Waals surface area contributed by atoms with Gasteiger partial charge in [-0.15, -0.1) is 0 Å². The highest BCUT2D eigenvalue weighted by atomic mass is 35.5. The summed E-state index contributed by atoms with van der Waals surface area (Å²) in [5.74, 6) is -0.358. The van der Waals surface area contributed by atoms with E-state index in [0.29, 0.717) is 13.0 Å². The molecule has 3 aromatic rings. The van der Waals surface area contributed by atoms with Gasteiger partial charge in [0.15, 0.2) is 0 Å². The smallest absolute Gasteiger partial charge is 0.263 e. The summed E-state index contributed by atoms with van der Waals surface area (Å²) >= 11 is 5.70. The van der Waals surface area contributed by atoms with Crippen molar-refractivity contribution in [1.29, 1.82) is 0 Å². The third-order valence-corrected chi connectivity index (χ3v) is 5.54. The largest absolute Gasteiger partial charge is 0.352 e. The van der Waals surface area contributed by atoms with Gasteiger partial charge in [0.25, 0.3) is 15.9 Å². The lowest BCUT2D eigenvalue weighted by molar-refractivity contribution is 0.0955. The van der Waals surface area contributed by atoms with Gasteiger partial charge in [-0.2, -0.15) is 0 Å². The van der Waals surface area contributed by atoms with E-state index in [9.17, 15) is 13.2 Å². The van der Waals surface area contributed by atoms with Gasteiger partial charge in [0, 0.05) is 12.7 Å². The summed E-state index contributed by atoms with van der Waals surface area (Å²) in [6.07, 6.45) is 1.84. The van der Waals surface area contributed by atoms with Gasteiger partial charge in [0.2, 0.25) is 0 Å². The molecule has 144 valence electrons. The fourth-order valence-electron chi connectivity index (χ4n) is 2.56. The van der Waals surface area contributed by atoms with Gasteiger partial charge in [-0.3, -0.25) is 9.52 Å². The number of aromatic nitrogens is 1. The number of hydrogen-bond donors (Lipinski definition) is 2. The van der Waals surface area contributed by atoms with Gasteiger partial charge in [-0.25, -0.2) is 13.4 Å². The number of pyridine rings is 1. The minimum absolute atomic E-state index is 0.0452. The summed E-state index contributed by atoms with van der Waals surface area (Å²) in [6.45, 7) is 0.436. The van der Waals surface area contributed by atoms with Crippen molar-refractivity contribution in [3.8, 4) is 0 Å². The quantitative estimate of drug-likeness (QED) is 0.578. The first-order valence-corrected chi connectivity index (χ1v) is 10.4. The number of amides is 1. The Labute approximate surface area is 168 Å². The SMILES string of the molecule is O=C(NCCc1ccccc1)c1ccccc1NS(=O)(=O)c1ccc(Cl)nc1. The molecule has 1 heterocycles. The van der Waals surface area contributed by atoms with Crippen LogP contribution >= 0.6 is 11.6 Å². The third kappa shape index (κ3) is 5.09. The topological polar surface area (TPSA) is 88.2 Å². The van der Waals surface area contributed by atoms with Crippen LogP contribution in [0.2, 0.25) is 5.15 Å². The molecule has 3 rings (SSSR count). The minimum Gasteiger partial charge on any atom is -0.352 e. The normalized spacial score (nSPS) is 11.0. The number of hydrogen-bond acceptors (Lipinski definition) is 4. The average Bonchev–Trinajstić information content (AvgIpc) is 2.69. The van der Waals surface area contributed by atoms with Crippen molar-refractivity contribution in [3.05, 3.63) is 89.2 Å². The lowest BCUT2D eigenvalue weighted by atomic mass is 10.1. The highest BCUT2D eigenvalue weighted by Gasteiger charge is 2.18. The van der Waals surface area contributed by atoms with Crippen molar-refractivity contribution in [1.82, 2.24) is 10.3 Å². The zero-order valence-electron chi connectivity index (χ0n) is 14.8. The van der Waals surface area contributed by atoms with Crippen LogP contribution in [-0.2, 0) is 16.4 Å². The third-order valence-electron chi connectivity index (χ3n) is 3.97. The predicted molar refractivity (Wildman–Crippen MR) is 109 cm³/mol. The van der Waals surface area contributed by atoms with Crippen LogP contribution in [0, 0.1) is 0 Å². The highest BCUT2D eigenvalue weighted by Crippen LogP contribution is 2.20. The first-order valence-electron chi connectivity index (χ1n) is 8.51. The summed E-state index contributed by atoms with van der Waals surface area (Å²) in [7, 11) is -3.90. The Morgan fingerprint density at radius 3 is 2.39 bits per heavy atom. The molecule has 0 radical (unpaired) electrons. The molecule has 8 heteroatoms. The highest BCUT2D eigenvalue weighted by molar-refractivity contribution is 7.92. The maximum absolute atomic E-state index is 12.6. The zero-order valence-corrected chi connectivity index (χ0v) is 16.4. The van der Waals surface area contributed by atoms with Crippen LogP contribution in [0.4, 0.5) is 5.69 Å². The summed E-state index contributed by atoms with van der Waals surface area (Å²) in [5.41, 5.74) is 1.53. The summed E-state index contributed by atoms with van der Waals surface area (Å²) in [5, 5.41) is 3.01. The number of sulfonamides is 1. The van der Waals surface area contributed by atoms with Crippen molar-refractivity contribution in [2.75, 3.05) is 11.3 Å². The lowest BCUT2D eigenvalue weighted by Crippen LogP contribution is -2.27. The first-order chi connectivity index (χ1) is 13.5. The molecule has 28 heavy (non-hydrogen) atoms. The van der Waals surface area contributed by atoms with E-state index >= 15 is 0 Å². The van der Waals surface area contributed by atoms with Crippen molar-refractivity contribution in [3.63, 3.8) is 0 Å². The molecule has 0 unspecified atom stereocenters. The number of halogens is 1. The van der Waals surface area contributed by atoms with E-state index in [1.165, 1.54) is 18.2 Å². The molecule has 0 bridgehead atoms. The Kier molecular flexibility index (Phi) is 6.28. The number of anilines is 1. The molecule has 0 fully saturated rings. The molecular formula is C20H18ClN3O3S. The maximum atomic E-state index is 12.6. The lowest BCUT2D eigenvalue weighted by Gasteiger charge is -2.13. The molecule has 2 N–H and O–H groups in total. The molecule has 0 saturated carbocycles. The Balaban J connectivity index is 1.71. The van der Waals surface area contributed by atoms with E-state index in [0.717, 1.165) is 11.8 Å². The van der Waals surface area contributed by atoms with Crippen LogP contribution in [0.3, 0.4) is 0 Å². The predicted octanol–water partition coefficient (Wildman–Crippen LogP) is 3.51. The number of rotatable bonds is 7. The number of carbonyl (C=O) groups is 1. The van der Waals surface area contributed by atoms with Gasteiger partial charge in [0.05, 0.1) is 11.3 Å². The summed E-state index contributed by atoms with van der Waals surface area (Å²) < 4.78 is 27.6. The first kappa shape index (κ1) is 19.9. The van der Waals surface area contributed by atoms with Crippen LogP contribution in [0.15, 0.2) is 77.8 Å². The average molecular weight is 416 g/mol. The molecule has 0 saturated heterocycles. The standard InChI is InChI=1S/C20H18ClN3O3S/c21-19-11-10-16(14-23-19)28(26,27)24-18-9-5-4-8-17(18)20(25)22-13-12-15-6-2-1-3-7-15/h1-11,14,24H,12-13H2,(H,22,25). The second-order valence-corrected chi connectivity index (χ2v) is 8.03. The number of benzene rings is 2. The number of para-hydroxylation sites is 1. The van der Waals surface area contributed by atoms with Crippen molar-refractivity contribution in [2.45, 2.75) is 11.3 Å². The van der Waals surface area contributed by atoms with E-state index in [2.05, 4.69) is 15.0 Å². The molecule has 2 aromatic carbocycles. The van der Waals surface area contributed by atoms with E-state index in [1.807, 2.05) is 30.3 Å². The van der Waals surface area contributed by atoms with Crippen molar-refractivity contribution in [2.24, 2.45) is 0 Å². The van der Waals surface area contributed by atoms with Gasteiger partial charge in [-0.1, -0.05) is 54.1 Å². The Bertz CT molecular complexity index is 1060. The van der Waals surface area contributed by atoms with Crippen LogP contribution in [0.1, 0.15) is 15.9 Å². The summed E-state index contributed by atoms with van der Waals surface area (Å²) in [6, 6.07) is 18.9. The van der Waals surface area contributed by atoms with E-state index in [4.69, 9.17) is 11.6 Å². The fraction of sp³-hybridized carbons (Fsp3) is 0.100. The zero-order chi connectivity index (χ0) is 20.0. The van der Waals surface area contributed by atoms with Crippen LogP contribution in [-0.4, -0.2) is 25.9 Å². The molecule has 0 atom stereocenters. The molecule has 0 aliphatic heterocycles. The molecule has 6 nitrogen and oxygen atoms in total. The number of nitrogens with zero attached hydrogens (tertiary/aromatic N) is 1. The van der Waals surface area contributed by atoms with Crippen LogP contribution < -0.4 is 10.0 Å². The Morgan fingerprint density at radius 2 is 1.68 bits per heavy atom. The van der Waals surface area contributed by atoms with Gasteiger partial charge >= 0.3 is 0 Å². The second kappa shape index (κ2) is 8.86. The van der Waals surface area contributed by atoms with E-state index < -0.39 is 10.0 Å². The minimum atomic E-state index is -3.90. The molecule has 0 spiro atoms. The molecule has 1 aromatic heterocycles. The maximum Gasteiger partial charge on any atom is 0.263 e. The van der Waals surface area contributed by atoms with Gasteiger partial charge < -0.3 is 5.32 Å². The molecular weight excluding hydrogens is 398 g/mol. The number of carbonyl (C=O) groups excluding carboxylic acids is 1. The Hall–Kier alpha value is -2.90. The fourth-order valence-corrected chi connectivity index (χ4v) is 3.69. The second-order valence-electron chi connectivity index (χ2n) is 5.96. The van der Waals surface area contributed by atoms with E-state index in [-0.39, 0.29) is 27.2 Å². The molecule has 1 amide bonds. The van der Waals surface area contributed by atoms with E-state index in [1.54, 1.807) is 18.2 Å². The van der Waals surface area contributed by atoms with Crippen LogP contribution in [0.25, 0.3) is 0 Å². The summed E-state index contributed by atoms with van der Waals surface area (Å²) in [4.78, 5) is 16.3. The van der Waals surface area contributed by atoms with Crippen molar-refractivity contribution < 1.29 is 13.2 Å². The van der Waals surface area contributed by atoms with Gasteiger partial charge in [-0.05, 0) is 36.2 Å². The van der Waals surface area contributed by atoms with Gasteiger partial charge in [0.1, 0.15) is 10.0 Å². The monoisotopic (exact) mass is 415 g/mol. The molecule has 0 aliphatic carbocycles. The van der Waals surface area contributed by atoms with Crippen molar-refractivity contribution >= 4 is 33.2 Å². The molecule has 0 aliphatic rings.